The Balaban J connectivity index is 2.01. The quantitative estimate of drug-likeness (QED) is 0.703. The Kier molecular flexibility index (Phi) is 4.57. The summed E-state index contributed by atoms with van der Waals surface area (Å²) < 4.78 is 5.47. The first-order valence-corrected chi connectivity index (χ1v) is 8.28. The molecule has 0 aliphatic heterocycles. The first-order chi connectivity index (χ1) is 11.5. The van der Waals surface area contributed by atoms with E-state index in [2.05, 4.69) is 5.32 Å². The van der Waals surface area contributed by atoms with E-state index in [1.807, 2.05) is 6.92 Å². The van der Waals surface area contributed by atoms with Gasteiger partial charge >= 0.3 is 11.6 Å². The number of hydrogen-bond acceptors (Lipinski definition) is 5. The Morgan fingerprint density at radius 3 is 2.79 bits per heavy atom. The van der Waals surface area contributed by atoms with Crippen LogP contribution in [0.3, 0.4) is 0 Å². The molecular formula is C18H21NO5. The average Bonchev–Trinajstić information content (AvgIpc) is 3.03. The van der Waals surface area contributed by atoms with Crippen LogP contribution < -0.4 is 10.9 Å². The van der Waals surface area contributed by atoms with Crippen molar-refractivity contribution in [2.24, 2.45) is 0 Å². The number of benzene rings is 1. The smallest absolute Gasteiger partial charge is 0.339 e. The zero-order valence-corrected chi connectivity index (χ0v) is 13.6. The summed E-state index contributed by atoms with van der Waals surface area (Å²) in [6.45, 7) is 2.04. The molecule has 0 spiro atoms. The maximum atomic E-state index is 12.2. The van der Waals surface area contributed by atoms with Crippen molar-refractivity contribution in [1.82, 2.24) is 5.32 Å². The second-order valence-corrected chi connectivity index (χ2v) is 6.20. The van der Waals surface area contributed by atoms with Gasteiger partial charge in [-0.15, -0.1) is 0 Å². The predicted molar refractivity (Wildman–Crippen MR) is 89.3 cm³/mol. The molecule has 2 aromatic rings. The molecule has 1 heterocycles. The Morgan fingerprint density at radius 2 is 2.08 bits per heavy atom. The van der Waals surface area contributed by atoms with Crippen LogP contribution in [-0.2, 0) is 24.2 Å². The number of phenolic OH excluding ortho intramolecular Hbond substituents is 1. The van der Waals surface area contributed by atoms with Gasteiger partial charge in [-0.1, -0.05) is 13.3 Å². The van der Waals surface area contributed by atoms with Crippen LogP contribution in [0.2, 0.25) is 0 Å². The highest BCUT2D eigenvalue weighted by molar-refractivity contribution is 5.86. The van der Waals surface area contributed by atoms with E-state index in [4.69, 9.17) is 4.42 Å². The molecule has 3 rings (SSSR count). The maximum Gasteiger partial charge on any atom is 0.339 e. The minimum absolute atomic E-state index is 0.00302. The van der Waals surface area contributed by atoms with Crippen LogP contribution in [0.1, 0.15) is 42.9 Å². The zero-order chi connectivity index (χ0) is 17.3. The number of aryl methyl sites for hydroxylation is 1. The minimum atomic E-state index is -0.932. The number of carboxylic acid groups (broad SMARTS) is 1. The molecule has 0 saturated heterocycles. The molecule has 1 aromatic heterocycles. The van der Waals surface area contributed by atoms with Gasteiger partial charge in [0.1, 0.15) is 17.4 Å². The van der Waals surface area contributed by atoms with Crippen molar-refractivity contribution in [3.63, 3.8) is 0 Å². The fourth-order valence-electron chi connectivity index (χ4n) is 3.39. The molecule has 0 unspecified atom stereocenters. The number of carbonyl (C=O) groups is 1. The van der Waals surface area contributed by atoms with Gasteiger partial charge in [0.2, 0.25) is 0 Å². The molecule has 3 N–H and O–H groups in total. The minimum Gasteiger partial charge on any atom is -0.507 e. The predicted octanol–water partition coefficient (Wildman–Crippen LogP) is 2.33. The van der Waals surface area contributed by atoms with E-state index in [-0.39, 0.29) is 17.9 Å². The lowest BCUT2D eigenvalue weighted by molar-refractivity contribution is -0.139. The van der Waals surface area contributed by atoms with E-state index in [0.717, 1.165) is 42.2 Å². The Morgan fingerprint density at radius 1 is 1.33 bits per heavy atom. The van der Waals surface area contributed by atoms with Gasteiger partial charge < -0.3 is 19.9 Å². The Bertz CT molecular complexity index is 839. The van der Waals surface area contributed by atoms with Crippen molar-refractivity contribution in [3.05, 3.63) is 39.2 Å². The number of fused-ring (bicyclic) bond motifs is 3. The molecule has 0 radical (unpaired) electrons. The van der Waals surface area contributed by atoms with Gasteiger partial charge in [0, 0.05) is 17.5 Å². The molecule has 0 saturated carbocycles. The first kappa shape index (κ1) is 16.5. The average molecular weight is 331 g/mol. The normalized spacial score (nSPS) is 14.7. The number of hydrogen-bond donors (Lipinski definition) is 3. The Labute approximate surface area is 139 Å². The number of carboxylic acids is 1. The molecule has 1 atom stereocenters. The number of aromatic hydroxyl groups is 1. The van der Waals surface area contributed by atoms with Gasteiger partial charge in [0.25, 0.3) is 0 Å². The number of phenols is 1. The molecule has 6 heteroatoms. The van der Waals surface area contributed by atoms with Gasteiger partial charge in [0.15, 0.2) is 0 Å². The van der Waals surface area contributed by atoms with Crippen LogP contribution in [0.15, 0.2) is 21.3 Å². The molecule has 128 valence electrons. The summed E-state index contributed by atoms with van der Waals surface area (Å²) >= 11 is 0. The number of nitrogens with one attached hydrogen (secondary N) is 1. The molecule has 0 amide bonds. The maximum absolute atomic E-state index is 12.2. The lowest BCUT2D eigenvalue weighted by Gasteiger charge is -2.15. The summed E-state index contributed by atoms with van der Waals surface area (Å²) in [5, 5.41) is 23.2. The van der Waals surface area contributed by atoms with Crippen molar-refractivity contribution in [1.29, 1.82) is 0 Å². The van der Waals surface area contributed by atoms with E-state index in [1.165, 1.54) is 0 Å². The summed E-state index contributed by atoms with van der Waals surface area (Å²) in [5.41, 5.74) is 2.15. The van der Waals surface area contributed by atoms with E-state index in [0.29, 0.717) is 17.6 Å². The highest BCUT2D eigenvalue weighted by Crippen LogP contribution is 2.33. The largest absolute Gasteiger partial charge is 0.507 e. The molecule has 0 fully saturated rings. The summed E-state index contributed by atoms with van der Waals surface area (Å²) in [4.78, 5) is 23.4. The van der Waals surface area contributed by atoms with E-state index in [9.17, 15) is 19.8 Å². The monoisotopic (exact) mass is 331 g/mol. The Hall–Kier alpha value is -2.34. The van der Waals surface area contributed by atoms with Crippen molar-refractivity contribution in [3.8, 4) is 5.75 Å². The van der Waals surface area contributed by atoms with Crippen LogP contribution in [0.25, 0.3) is 11.0 Å². The van der Waals surface area contributed by atoms with Gasteiger partial charge in [-0.3, -0.25) is 4.79 Å². The summed E-state index contributed by atoms with van der Waals surface area (Å²) in [6.07, 6.45) is 3.68. The molecule has 0 bridgehead atoms. The van der Waals surface area contributed by atoms with Crippen molar-refractivity contribution < 1.29 is 19.4 Å². The van der Waals surface area contributed by atoms with Gasteiger partial charge in [0.05, 0.1) is 5.56 Å². The molecule has 1 aromatic carbocycles. The molecule has 6 nitrogen and oxygen atoms in total. The van der Waals surface area contributed by atoms with E-state index < -0.39 is 12.0 Å². The van der Waals surface area contributed by atoms with Crippen molar-refractivity contribution >= 4 is 16.9 Å². The fraction of sp³-hybridized carbons (Fsp3) is 0.444. The lowest BCUT2D eigenvalue weighted by Crippen LogP contribution is -2.36. The molecule has 1 aliphatic rings. The number of rotatable bonds is 6. The standard InChI is InChI=1S/C18H21NO5/c1-2-4-14(17(21)22)19-9-13-15(20)8-7-11-10-5-3-6-12(10)18(23)24-16(11)13/h7-8,14,19-20H,2-6,9H2,1H3,(H,21,22)/t14-/m0/s1. The van der Waals surface area contributed by atoms with Crippen LogP contribution in [0, 0.1) is 0 Å². The topological polar surface area (TPSA) is 99.8 Å². The zero-order valence-electron chi connectivity index (χ0n) is 13.6. The van der Waals surface area contributed by atoms with Crippen molar-refractivity contribution in [2.45, 2.75) is 51.6 Å². The second kappa shape index (κ2) is 6.65. The van der Waals surface area contributed by atoms with Gasteiger partial charge in [-0.05, 0) is 43.4 Å². The van der Waals surface area contributed by atoms with Crippen LogP contribution in [-0.4, -0.2) is 22.2 Å². The van der Waals surface area contributed by atoms with Crippen LogP contribution in [0.5, 0.6) is 5.75 Å². The second-order valence-electron chi connectivity index (χ2n) is 6.20. The van der Waals surface area contributed by atoms with Gasteiger partial charge in [-0.2, -0.15) is 0 Å². The third-order valence-electron chi connectivity index (χ3n) is 4.62. The molecule has 24 heavy (non-hydrogen) atoms. The molecule has 1 aliphatic carbocycles. The summed E-state index contributed by atoms with van der Waals surface area (Å²) in [5.74, 6) is -0.935. The summed E-state index contributed by atoms with van der Waals surface area (Å²) in [7, 11) is 0. The third-order valence-corrected chi connectivity index (χ3v) is 4.62. The van der Waals surface area contributed by atoms with E-state index in [1.54, 1.807) is 12.1 Å². The number of aliphatic carboxylic acids is 1. The van der Waals surface area contributed by atoms with Crippen LogP contribution in [0.4, 0.5) is 0 Å². The van der Waals surface area contributed by atoms with Crippen LogP contribution >= 0.6 is 0 Å². The SMILES string of the molecule is CCC[C@H](NCc1c(O)ccc2c3c(c(=O)oc12)CCC3)C(=O)O. The van der Waals surface area contributed by atoms with E-state index >= 15 is 0 Å². The van der Waals surface area contributed by atoms with Gasteiger partial charge in [-0.25, -0.2) is 4.79 Å². The lowest BCUT2D eigenvalue weighted by atomic mass is 10.0. The summed E-state index contributed by atoms with van der Waals surface area (Å²) in [6, 6.07) is 2.64. The highest BCUT2D eigenvalue weighted by Gasteiger charge is 2.23. The first-order valence-electron chi connectivity index (χ1n) is 8.28. The third kappa shape index (κ3) is 2.89. The fourth-order valence-corrected chi connectivity index (χ4v) is 3.39. The highest BCUT2D eigenvalue weighted by atomic mass is 16.4. The van der Waals surface area contributed by atoms with Crippen molar-refractivity contribution in [2.75, 3.05) is 0 Å². The molecular weight excluding hydrogens is 310 g/mol.